The van der Waals surface area contributed by atoms with Crippen LogP contribution >= 0.6 is 23.3 Å². The highest BCUT2D eigenvalue weighted by Crippen LogP contribution is 2.32. The third-order valence-corrected chi connectivity index (χ3v) is 5.41. The summed E-state index contributed by atoms with van der Waals surface area (Å²) in [5.41, 5.74) is 3.11. The summed E-state index contributed by atoms with van der Waals surface area (Å²) in [6, 6.07) is 14.4. The van der Waals surface area contributed by atoms with Gasteiger partial charge in [-0.15, -0.1) is 0 Å². The molecule has 1 heterocycles. The van der Waals surface area contributed by atoms with E-state index < -0.39 is 0 Å². The number of thiazole rings is 1. The fourth-order valence-corrected chi connectivity index (χ4v) is 4.21. The number of anilines is 1. The van der Waals surface area contributed by atoms with Gasteiger partial charge < -0.3 is 10.4 Å². The van der Waals surface area contributed by atoms with Gasteiger partial charge in [-0.3, -0.25) is 4.79 Å². The molecule has 0 spiro atoms. The van der Waals surface area contributed by atoms with Crippen LogP contribution in [0, 0.1) is 0 Å². The summed E-state index contributed by atoms with van der Waals surface area (Å²) in [4.78, 5) is 16.7. The average Bonchev–Trinajstić information content (AvgIpc) is 2.95. The van der Waals surface area contributed by atoms with E-state index in [2.05, 4.69) is 34.6 Å². The van der Waals surface area contributed by atoms with Crippen molar-refractivity contribution in [2.45, 2.75) is 11.8 Å². The molecule has 0 fully saturated rings. The largest absolute Gasteiger partial charge is 0.395 e. The number of likely N-dealkylation sites (N-methyl/N-ethyl adjacent to an activating group) is 1. The fraction of sp³-hybridized carbons (Fsp3) is 0.222. The van der Waals surface area contributed by atoms with Gasteiger partial charge in [0.05, 0.1) is 16.8 Å². The second-order valence-electron chi connectivity index (χ2n) is 5.58. The Kier molecular flexibility index (Phi) is 5.70. The number of nitrogens with one attached hydrogen (secondary N) is 1. The molecule has 0 unspecified atom stereocenters. The molecular weight excluding hydrogens is 354 g/mol. The molecule has 0 saturated carbocycles. The third-order valence-electron chi connectivity index (χ3n) is 3.51. The molecule has 2 N–H and O–H groups in total. The van der Waals surface area contributed by atoms with Crippen LogP contribution in [-0.2, 0) is 4.79 Å². The molecule has 3 rings (SSSR count). The first-order valence-corrected chi connectivity index (χ1v) is 9.43. The smallest absolute Gasteiger partial charge is 0.223 e. The molecule has 1 amide bonds. The van der Waals surface area contributed by atoms with E-state index >= 15 is 0 Å². The lowest BCUT2D eigenvalue weighted by Crippen LogP contribution is -2.13. The predicted octanol–water partition coefficient (Wildman–Crippen LogP) is 3.85. The van der Waals surface area contributed by atoms with Gasteiger partial charge in [-0.2, -0.15) is 0 Å². The lowest BCUT2D eigenvalue weighted by molar-refractivity contribution is -0.114. The Labute approximate surface area is 154 Å². The van der Waals surface area contributed by atoms with Crippen molar-refractivity contribution in [1.29, 1.82) is 0 Å². The predicted molar refractivity (Wildman–Crippen MR) is 105 cm³/mol. The number of carbonyl (C=O) groups is 1. The Morgan fingerprint density at radius 2 is 2.08 bits per heavy atom. The first-order valence-electron chi connectivity index (χ1n) is 7.84. The van der Waals surface area contributed by atoms with Gasteiger partial charge in [0, 0.05) is 18.4 Å². The molecule has 0 aliphatic heterocycles. The number of hydrogen-bond acceptors (Lipinski definition) is 6. The monoisotopic (exact) mass is 373 g/mol. The van der Waals surface area contributed by atoms with Gasteiger partial charge in [-0.1, -0.05) is 29.5 Å². The van der Waals surface area contributed by atoms with E-state index in [0.29, 0.717) is 11.7 Å². The van der Waals surface area contributed by atoms with Gasteiger partial charge in [0.1, 0.15) is 0 Å². The summed E-state index contributed by atoms with van der Waals surface area (Å²) in [7, 11) is 1.96. The topological polar surface area (TPSA) is 65.5 Å². The van der Waals surface area contributed by atoms with Crippen molar-refractivity contribution < 1.29 is 9.90 Å². The summed E-state index contributed by atoms with van der Waals surface area (Å²) in [5, 5.41) is 12.4. The number of nitrogens with zero attached hydrogens (tertiary/aromatic N) is 2. The Bertz CT molecular complexity index is 895. The molecule has 0 saturated heterocycles. The maximum absolute atomic E-state index is 11.2. The summed E-state index contributed by atoms with van der Waals surface area (Å²) >= 11 is 3.08. The quantitative estimate of drug-likeness (QED) is 0.643. The van der Waals surface area contributed by atoms with E-state index in [-0.39, 0.29) is 12.5 Å². The zero-order valence-corrected chi connectivity index (χ0v) is 15.7. The highest BCUT2D eigenvalue weighted by molar-refractivity contribution is 7.97. The van der Waals surface area contributed by atoms with E-state index in [1.807, 2.05) is 29.6 Å². The number of aliphatic hydroxyl groups excluding tert-OH is 1. The minimum Gasteiger partial charge on any atom is -0.395 e. The highest BCUT2D eigenvalue weighted by atomic mass is 32.2. The lowest BCUT2D eigenvalue weighted by atomic mass is 10.1. The lowest BCUT2D eigenvalue weighted by Gasteiger charge is -2.14. The van der Waals surface area contributed by atoms with Crippen LogP contribution in [0.1, 0.15) is 6.92 Å². The summed E-state index contributed by atoms with van der Waals surface area (Å²) < 4.78 is 3.04. The minimum atomic E-state index is -0.115. The number of carbonyl (C=O) groups excluding carboxylic acids is 1. The Balaban J connectivity index is 1.87. The molecule has 0 radical (unpaired) electrons. The van der Waals surface area contributed by atoms with Crippen LogP contribution in [0.15, 0.2) is 47.4 Å². The third kappa shape index (κ3) is 4.58. The summed E-state index contributed by atoms with van der Waals surface area (Å²) in [6.45, 7) is 2.24. The number of aliphatic hydroxyl groups is 1. The molecule has 0 bridgehead atoms. The standard InChI is InChI=1S/C18H19N3O2S2/c1-12(23)19-18-20-16-7-6-14(11-17(16)24-18)13-4-3-5-15(10-13)25-21(2)8-9-22/h3-7,10-11,22H,8-9H2,1-2H3,(H,19,20,23). The van der Waals surface area contributed by atoms with Crippen molar-refractivity contribution in [2.24, 2.45) is 0 Å². The van der Waals surface area contributed by atoms with Crippen molar-refractivity contribution in [3.05, 3.63) is 42.5 Å². The van der Waals surface area contributed by atoms with Crippen LogP contribution in [0.4, 0.5) is 5.13 Å². The SMILES string of the molecule is CC(=O)Nc1nc2ccc(-c3cccc(SN(C)CCO)c3)cc2s1. The number of benzene rings is 2. The second-order valence-corrected chi connectivity index (χ2v) is 7.88. The first kappa shape index (κ1) is 17.9. The first-order chi connectivity index (χ1) is 12.0. The molecule has 7 heteroatoms. The van der Waals surface area contributed by atoms with Gasteiger partial charge >= 0.3 is 0 Å². The summed E-state index contributed by atoms with van der Waals surface area (Å²) in [5.74, 6) is -0.115. The van der Waals surface area contributed by atoms with Crippen LogP contribution in [0.25, 0.3) is 21.3 Å². The van der Waals surface area contributed by atoms with Gasteiger partial charge in [0.2, 0.25) is 5.91 Å². The van der Waals surface area contributed by atoms with Crippen LogP contribution < -0.4 is 5.32 Å². The molecule has 0 aliphatic carbocycles. The number of rotatable bonds is 6. The van der Waals surface area contributed by atoms with Gasteiger partial charge in [-0.25, -0.2) is 9.29 Å². The van der Waals surface area contributed by atoms with Gasteiger partial charge in [-0.05, 0) is 54.4 Å². The Morgan fingerprint density at radius 1 is 1.28 bits per heavy atom. The zero-order valence-electron chi connectivity index (χ0n) is 14.0. The van der Waals surface area contributed by atoms with Gasteiger partial charge in [0.25, 0.3) is 0 Å². The van der Waals surface area contributed by atoms with Crippen LogP contribution in [-0.4, -0.2) is 40.5 Å². The molecule has 0 aliphatic rings. The zero-order chi connectivity index (χ0) is 17.8. The maximum Gasteiger partial charge on any atom is 0.223 e. The minimum absolute atomic E-state index is 0.115. The van der Waals surface area contributed by atoms with Crippen molar-refractivity contribution in [3.8, 4) is 11.1 Å². The van der Waals surface area contributed by atoms with E-state index in [1.54, 1.807) is 11.9 Å². The number of fused-ring (bicyclic) bond motifs is 1. The van der Waals surface area contributed by atoms with E-state index in [1.165, 1.54) is 18.3 Å². The van der Waals surface area contributed by atoms with E-state index in [4.69, 9.17) is 5.11 Å². The Hall–Kier alpha value is -1.93. The van der Waals surface area contributed by atoms with Crippen LogP contribution in [0.3, 0.4) is 0 Å². The number of hydrogen-bond donors (Lipinski definition) is 2. The van der Waals surface area contributed by atoms with Crippen molar-refractivity contribution in [2.75, 3.05) is 25.5 Å². The fourth-order valence-electron chi connectivity index (χ4n) is 2.41. The maximum atomic E-state index is 11.2. The highest BCUT2D eigenvalue weighted by Gasteiger charge is 2.08. The van der Waals surface area contributed by atoms with Crippen molar-refractivity contribution in [3.63, 3.8) is 0 Å². The van der Waals surface area contributed by atoms with Crippen LogP contribution in [0.5, 0.6) is 0 Å². The van der Waals surface area contributed by atoms with E-state index in [9.17, 15) is 4.79 Å². The molecule has 3 aromatic rings. The van der Waals surface area contributed by atoms with Crippen molar-refractivity contribution in [1.82, 2.24) is 9.29 Å². The Morgan fingerprint density at radius 3 is 2.84 bits per heavy atom. The molecule has 2 aromatic carbocycles. The normalized spacial score (nSPS) is 11.2. The molecule has 1 aromatic heterocycles. The number of amides is 1. The summed E-state index contributed by atoms with van der Waals surface area (Å²) in [6.07, 6.45) is 0. The molecule has 0 atom stereocenters. The molecular formula is C18H19N3O2S2. The van der Waals surface area contributed by atoms with Gasteiger partial charge in [0.15, 0.2) is 5.13 Å². The molecule has 5 nitrogen and oxygen atoms in total. The van der Waals surface area contributed by atoms with Crippen LogP contribution in [0.2, 0.25) is 0 Å². The van der Waals surface area contributed by atoms with Crippen molar-refractivity contribution >= 4 is 44.5 Å². The molecule has 130 valence electrons. The average molecular weight is 374 g/mol. The number of aromatic nitrogens is 1. The van der Waals surface area contributed by atoms with E-state index in [0.717, 1.165) is 26.2 Å². The molecule has 25 heavy (non-hydrogen) atoms. The second kappa shape index (κ2) is 7.97.